The van der Waals surface area contributed by atoms with E-state index in [2.05, 4.69) is 152 Å². The molecule has 0 radical (unpaired) electrons. The molecular weight excluding hydrogens is 637 g/mol. The van der Waals surface area contributed by atoms with E-state index in [0.717, 1.165) is 33.3 Å². The summed E-state index contributed by atoms with van der Waals surface area (Å²) in [5, 5.41) is 13.9. The Kier molecular flexibility index (Phi) is 6.16. The Balaban J connectivity index is 1.12. The fourth-order valence-corrected chi connectivity index (χ4v) is 9.39. The van der Waals surface area contributed by atoms with Crippen LogP contribution in [0.2, 0.25) is 0 Å². The molecule has 0 saturated carbocycles. The molecule has 0 aliphatic heterocycles. The minimum Gasteiger partial charge on any atom is -0.256 e. The summed E-state index contributed by atoms with van der Waals surface area (Å²) < 4.78 is 2.59. The molecule has 3 heterocycles. The Morgan fingerprint density at radius 3 is 1.67 bits per heavy atom. The Labute approximate surface area is 297 Å². The highest BCUT2D eigenvalue weighted by Gasteiger charge is 2.19. The zero-order valence-corrected chi connectivity index (χ0v) is 28.3. The monoisotopic (exact) mass is 664 g/mol. The molecule has 3 heteroatoms. The van der Waals surface area contributed by atoms with E-state index in [1.165, 1.54) is 74.4 Å². The van der Waals surface area contributed by atoms with E-state index in [4.69, 9.17) is 9.97 Å². The number of nitrogens with zero attached hydrogens (tertiary/aromatic N) is 2. The quantitative estimate of drug-likeness (QED) is 0.139. The molecule has 236 valence electrons. The molecular formula is C48H28N2S. The molecule has 3 aromatic heterocycles. The van der Waals surface area contributed by atoms with E-state index in [9.17, 15) is 0 Å². The lowest BCUT2D eigenvalue weighted by Crippen LogP contribution is -1.93. The first-order chi connectivity index (χ1) is 25.3. The summed E-state index contributed by atoms with van der Waals surface area (Å²) in [5.41, 5.74) is 7.71. The van der Waals surface area contributed by atoms with Gasteiger partial charge in [-0.15, -0.1) is 11.3 Å². The second-order valence-electron chi connectivity index (χ2n) is 13.3. The molecule has 0 atom stereocenters. The highest BCUT2D eigenvalue weighted by atomic mass is 32.1. The molecule has 51 heavy (non-hydrogen) atoms. The highest BCUT2D eigenvalue weighted by Crippen LogP contribution is 2.45. The minimum absolute atomic E-state index is 0.950. The summed E-state index contributed by atoms with van der Waals surface area (Å²) >= 11 is 1.87. The summed E-state index contributed by atoms with van der Waals surface area (Å²) in [7, 11) is 0. The van der Waals surface area contributed by atoms with Crippen LogP contribution in [0, 0.1) is 0 Å². The van der Waals surface area contributed by atoms with Crippen molar-refractivity contribution in [2.75, 3.05) is 0 Å². The first-order valence-electron chi connectivity index (χ1n) is 17.3. The van der Waals surface area contributed by atoms with E-state index in [1.54, 1.807) is 0 Å². The van der Waals surface area contributed by atoms with Gasteiger partial charge in [-0.1, -0.05) is 115 Å². The number of hydrogen-bond donors (Lipinski definition) is 0. The number of benzene rings is 8. The molecule has 11 aromatic rings. The largest absolute Gasteiger partial charge is 0.256 e. The maximum absolute atomic E-state index is 5.01. The van der Waals surface area contributed by atoms with E-state index in [1.807, 2.05) is 29.8 Å². The second kappa shape index (κ2) is 11.0. The van der Waals surface area contributed by atoms with Crippen molar-refractivity contribution in [3.8, 4) is 33.5 Å². The zero-order chi connectivity index (χ0) is 33.5. The summed E-state index contributed by atoms with van der Waals surface area (Å²) in [6.07, 6.45) is 3.85. The van der Waals surface area contributed by atoms with Crippen molar-refractivity contribution in [1.82, 2.24) is 9.97 Å². The van der Waals surface area contributed by atoms with Gasteiger partial charge in [-0.2, -0.15) is 0 Å². The first kappa shape index (κ1) is 28.4. The van der Waals surface area contributed by atoms with Crippen molar-refractivity contribution < 1.29 is 0 Å². The molecule has 0 aliphatic rings. The maximum atomic E-state index is 5.01. The molecule has 2 nitrogen and oxygen atoms in total. The van der Waals surface area contributed by atoms with Gasteiger partial charge in [-0.05, 0) is 102 Å². The Hall–Kier alpha value is -6.42. The van der Waals surface area contributed by atoms with Crippen LogP contribution in [0.5, 0.6) is 0 Å². The van der Waals surface area contributed by atoms with Crippen molar-refractivity contribution in [2.24, 2.45) is 0 Å². The fourth-order valence-electron chi connectivity index (χ4n) is 8.28. The molecule has 0 N–H and O–H groups in total. The molecule has 0 saturated heterocycles. The Morgan fingerprint density at radius 2 is 0.922 bits per heavy atom. The summed E-state index contributed by atoms with van der Waals surface area (Å²) in [5.74, 6) is 0. The molecule has 0 spiro atoms. The van der Waals surface area contributed by atoms with Gasteiger partial charge in [0.2, 0.25) is 0 Å². The number of aromatic nitrogens is 2. The van der Waals surface area contributed by atoms with Gasteiger partial charge < -0.3 is 0 Å². The lowest BCUT2D eigenvalue weighted by Gasteiger charge is -2.17. The standard InChI is InChI=1S/C48H28N2S/c1-2-11-29(12-3-1)46-36-17-8-9-18-37(36)47(48-38(46)19-10-23-50-48)31-22-24-49-43(26-31)30-20-21-44-41(25-30)42-27-39-34-15-6-4-13-32(34)33-14-5-7-16-35(33)40(39)28-45(42)51-44/h1-28H. The van der Waals surface area contributed by atoms with Gasteiger partial charge in [0.15, 0.2) is 0 Å². The van der Waals surface area contributed by atoms with Crippen LogP contribution >= 0.6 is 11.3 Å². The molecule has 0 bridgehead atoms. The Bertz CT molecular complexity index is 3140. The molecule has 0 aliphatic carbocycles. The van der Waals surface area contributed by atoms with E-state index in [-0.39, 0.29) is 0 Å². The van der Waals surface area contributed by atoms with Crippen molar-refractivity contribution in [1.29, 1.82) is 0 Å². The lowest BCUT2D eigenvalue weighted by molar-refractivity contribution is 1.33. The number of hydrogen-bond acceptors (Lipinski definition) is 3. The van der Waals surface area contributed by atoms with Crippen LogP contribution in [-0.2, 0) is 0 Å². The third kappa shape index (κ3) is 4.29. The molecule has 11 rings (SSSR count). The van der Waals surface area contributed by atoms with Crippen LogP contribution in [0.25, 0.3) is 108 Å². The van der Waals surface area contributed by atoms with Crippen LogP contribution in [0.4, 0.5) is 0 Å². The summed E-state index contributed by atoms with van der Waals surface area (Å²) in [6.45, 7) is 0. The van der Waals surface area contributed by atoms with Crippen molar-refractivity contribution in [3.05, 3.63) is 170 Å². The normalized spacial score (nSPS) is 11.9. The van der Waals surface area contributed by atoms with Crippen molar-refractivity contribution in [3.63, 3.8) is 0 Å². The van der Waals surface area contributed by atoms with Gasteiger partial charge in [0.25, 0.3) is 0 Å². The third-order valence-electron chi connectivity index (χ3n) is 10.5. The molecule has 0 amide bonds. The predicted octanol–water partition coefficient (Wildman–Crippen LogP) is 13.6. The average Bonchev–Trinajstić information content (AvgIpc) is 3.56. The maximum Gasteiger partial charge on any atom is 0.0793 e. The van der Waals surface area contributed by atoms with Gasteiger partial charge in [-0.3, -0.25) is 9.97 Å². The Morgan fingerprint density at radius 1 is 0.314 bits per heavy atom. The lowest BCUT2D eigenvalue weighted by atomic mass is 9.88. The van der Waals surface area contributed by atoms with Crippen molar-refractivity contribution in [2.45, 2.75) is 0 Å². The molecule has 0 unspecified atom stereocenters. The molecule has 8 aromatic carbocycles. The SMILES string of the molecule is c1ccc(-c2c3ccccc3c(-c3ccnc(-c4ccc5sc6cc7c8ccccc8c8ccccc8c7cc6c5c4)c3)c3ncccc23)cc1. The van der Waals surface area contributed by atoms with Gasteiger partial charge in [0.1, 0.15) is 0 Å². The van der Waals surface area contributed by atoms with Crippen molar-refractivity contribution >= 4 is 85.5 Å². The van der Waals surface area contributed by atoms with Crippen LogP contribution in [0.1, 0.15) is 0 Å². The average molecular weight is 665 g/mol. The van der Waals surface area contributed by atoms with Gasteiger partial charge >= 0.3 is 0 Å². The molecule has 0 fully saturated rings. The highest BCUT2D eigenvalue weighted by molar-refractivity contribution is 7.25. The number of fused-ring (bicyclic) bond motifs is 11. The van der Waals surface area contributed by atoms with E-state index < -0.39 is 0 Å². The number of rotatable bonds is 3. The number of pyridine rings is 2. The van der Waals surface area contributed by atoms with Gasteiger partial charge in [0, 0.05) is 49.1 Å². The summed E-state index contributed by atoms with van der Waals surface area (Å²) in [6, 6.07) is 57.3. The van der Waals surface area contributed by atoms with Gasteiger partial charge in [0.05, 0.1) is 11.2 Å². The van der Waals surface area contributed by atoms with Crippen LogP contribution < -0.4 is 0 Å². The van der Waals surface area contributed by atoms with E-state index in [0.29, 0.717) is 0 Å². The fraction of sp³-hybridized carbons (Fsp3) is 0. The summed E-state index contributed by atoms with van der Waals surface area (Å²) in [4.78, 5) is 9.95. The van der Waals surface area contributed by atoms with Gasteiger partial charge in [-0.25, -0.2) is 0 Å². The third-order valence-corrected chi connectivity index (χ3v) is 11.7. The zero-order valence-electron chi connectivity index (χ0n) is 27.5. The minimum atomic E-state index is 0.950. The topological polar surface area (TPSA) is 25.8 Å². The smallest absolute Gasteiger partial charge is 0.0793 e. The van der Waals surface area contributed by atoms with E-state index >= 15 is 0 Å². The number of thiophene rings is 1. The second-order valence-corrected chi connectivity index (χ2v) is 14.4. The van der Waals surface area contributed by atoms with Crippen LogP contribution in [0.3, 0.4) is 0 Å². The predicted molar refractivity (Wildman–Crippen MR) is 219 cm³/mol. The van der Waals surface area contributed by atoms with Crippen LogP contribution in [-0.4, -0.2) is 9.97 Å². The first-order valence-corrected chi connectivity index (χ1v) is 18.1. The van der Waals surface area contributed by atoms with Crippen LogP contribution in [0.15, 0.2) is 170 Å².